The molecule has 4 aromatic carbocycles. The Morgan fingerprint density at radius 1 is 0.562 bits per heavy atom. The number of para-hydroxylation sites is 3. The Labute approximate surface area is 479 Å². The number of carbonyl (C=O) groups is 5. The van der Waals surface area contributed by atoms with E-state index >= 15 is 0 Å². The molecule has 3 saturated heterocycles. The number of hydrogen-bond acceptors (Lipinski definition) is 9. The summed E-state index contributed by atoms with van der Waals surface area (Å²) in [7, 11) is 0. The molecule has 0 spiro atoms. The van der Waals surface area contributed by atoms with Gasteiger partial charge in [0.05, 0.1) is 17.1 Å². The number of hydrogen-bond donors (Lipinski definition) is 1. The topological polar surface area (TPSA) is 132 Å². The van der Waals surface area contributed by atoms with Crippen LogP contribution in [-0.4, -0.2) is 121 Å². The summed E-state index contributed by atoms with van der Waals surface area (Å²) in [4.78, 5) is 68.0. The minimum absolute atomic E-state index is 0.0125. The first-order chi connectivity index (χ1) is 38.0. The van der Waals surface area contributed by atoms with Crippen molar-refractivity contribution in [2.75, 3.05) is 80.6 Å². The van der Waals surface area contributed by atoms with Gasteiger partial charge in [-0.05, 0) is 164 Å². The van der Waals surface area contributed by atoms with Gasteiger partial charge in [0.2, 0.25) is 17.1 Å². The van der Waals surface area contributed by atoms with Crippen molar-refractivity contribution in [2.45, 2.75) is 138 Å². The maximum atomic E-state index is 14.3. The van der Waals surface area contributed by atoms with E-state index < -0.39 is 17.0 Å². The highest BCUT2D eigenvalue weighted by molar-refractivity contribution is 6.63. The lowest BCUT2D eigenvalue weighted by molar-refractivity contribution is -0.119. The van der Waals surface area contributed by atoms with Crippen molar-refractivity contribution in [3.05, 3.63) is 126 Å². The smallest absolute Gasteiger partial charge is 0.410 e. The molecule has 3 aliphatic rings. The maximum absolute atomic E-state index is 14.3. The molecule has 7 rings (SSSR count). The molecule has 440 valence electrons. The van der Waals surface area contributed by atoms with Gasteiger partial charge in [-0.1, -0.05) is 87.5 Å². The van der Waals surface area contributed by atoms with Crippen LogP contribution in [0.2, 0.25) is 0 Å². The number of nitrogens with one attached hydrogen (secondary N) is 1. The lowest BCUT2D eigenvalue weighted by Gasteiger charge is -2.36. The van der Waals surface area contributed by atoms with E-state index in [4.69, 9.17) is 21.1 Å². The number of piperidine rings is 3. The van der Waals surface area contributed by atoms with Crippen molar-refractivity contribution in [3.63, 3.8) is 0 Å². The van der Waals surface area contributed by atoms with Crippen LogP contribution in [0.5, 0.6) is 0 Å². The third kappa shape index (κ3) is 23.9. The molecule has 0 radical (unpaired) electrons. The minimum Gasteiger partial charge on any atom is -0.444 e. The Bertz CT molecular complexity index is 2550. The van der Waals surface area contributed by atoms with Gasteiger partial charge in [-0.3, -0.25) is 14.4 Å². The zero-order valence-corrected chi connectivity index (χ0v) is 49.6. The molecule has 3 atom stereocenters. The number of benzene rings is 4. The van der Waals surface area contributed by atoms with E-state index in [1.54, 1.807) is 83.1 Å². The zero-order valence-electron chi connectivity index (χ0n) is 48.8. The standard InChI is InChI=1S/C23H29FN2O.C20H29FN2O3.C17H25FN2O2.C3H5ClO/c1-2-23(27)26(22-13-7-6-12-21(22)24)18-20-11-8-15-25(17-20)16-14-19-9-4-3-5-10-19;1-5-18(24)23(17-11-7-6-10-16(17)21)14-15-9-8-12-22(13-15)19(25)26-20(2,3)4;1-17(2,3)22-16(21)20-10-6-7-13(12-20)11-19-15-9-5-4-8-14(15)18;1-2-3(4)5/h3-7,9-10,12-13,20H,2,8,11,14-18H2,1H3;6-7,10-11,15H,5,8-9,12-14H2,1-4H3;4-5,8-9,13,19H,6-7,10-12H2,1-3H3;2H2,1H3. The number of anilines is 3. The van der Waals surface area contributed by atoms with Crippen molar-refractivity contribution in [3.8, 4) is 0 Å². The summed E-state index contributed by atoms with van der Waals surface area (Å²) in [6.07, 6.45) is 7.49. The highest BCUT2D eigenvalue weighted by Crippen LogP contribution is 2.28. The summed E-state index contributed by atoms with van der Waals surface area (Å²) in [5.41, 5.74) is 1.56. The van der Waals surface area contributed by atoms with Crippen molar-refractivity contribution in [1.82, 2.24) is 14.7 Å². The van der Waals surface area contributed by atoms with Crippen LogP contribution in [0.4, 0.5) is 39.8 Å². The Kier molecular flexibility index (Phi) is 27.9. The number of ether oxygens (including phenoxy) is 2. The number of carbonyl (C=O) groups excluding carboxylic acids is 5. The molecule has 80 heavy (non-hydrogen) atoms. The summed E-state index contributed by atoms with van der Waals surface area (Å²) in [5, 5.41) is 2.86. The average molecular weight is 1130 g/mol. The van der Waals surface area contributed by atoms with Crippen LogP contribution < -0.4 is 15.1 Å². The molecule has 0 saturated carbocycles. The number of amides is 4. The SMILES string of the molecule is CC(C)(C)OC(=O)N1CCCC(CNc2ccccc2F)C1.CCC(=O)Cl.CCC(=O)N(CC1CCCN(C(=O)OC(C)(C)C)C1)c1ccccc1F.CCC(=O)N(CC1CCCN(CCc2ccccc2)C1)c1ccccc1F. The Balaban J connectivity index is 0.000000249. The third-order valence-corrected chi connectivity index (χ3v) is 13.9. The second kappa shape index (κ2) is 33.6. The maximum Gasteiger partial charge on any atom is 0.410 e. The van der Waals surface area contributed by atoms with Crippen LogP contribution in [0.15, 0.2) is 103 Å². The predicted octanol–water partition coefficient (Wildman–Crippen LogP) is 13.8. The molecule has 17 heteroatoms. The molecule has 4 aromatic rings. The van der Waals surface area contributed by atoms with Gasteiger partial charge in [-0.25, -0.2) is 22.8 Å². The van der Waals surface area contributed by atoms with Gasteiger partial charge < -0.3 is 39.3 Å². The summed E-state index contributed by atoms with van der Waals surface area (Å²) in [6, 6.07) is 30.1. The van der Waals surface area contributed by atoms with E-state index in [1.807, 2.05) is 54.5 Å². The van der Waals surface area contributed by atoms with Crippen LogP contribution >= 0.6 is 11.6 Å². The molecule has 3 heterocycles. The molecule has 0 aromatic heterocycles. The fourth-order valence-corrected chi connectivity index (χ4v) is 9.63. The van der Waals surface area contributed by atoms with E-state index in [0.29, 0.717) is 87.4 Å². The van der Waals surface area contributed by atoms with Crippen molar-refractivity contribution in [1.29, 1.82) is 0 Å². The average Bonchev–Trinajstić information content (AvgIpc) is 3.46. The van der Waals surface area contributed by atoms with Gasteiger partial charge in [0.25, 0.3) is 0 Å². The fraction of sp³-hybridized carbons (Fsp3) is 0.540. The van der Waals surface area contributed by atoms with E-state index in [2.05, 4.69) is 34.5 Å². The largest absolute Gasteiger partial charge is 0.444 e. The van der Waals surface area contributed by atoms with Gasteiger partial charge >= 0.3 is 12.2 Å². The lowest BCUT2D eigenvalue weighted by Crippen LogP contribution is -2.46. The second-order valence-electron chi connectivity index (χ2n) is 22.6. The van der Waals surface area contributed by atoms with Gasteiger partial charge in [0, 0.05) is 78.2 Å². The molecule has 3 aliphatic heterocycles. The van der Waals surface area contributed by atoms with Gasteiger partial charge in [-0.15, -0.1) is 0 Å². The van der Waals surface area contributed by atoms with Crippen LogP contribution in [0, 0.1) is 35.2 Å². The summed E-state index contributed by atoms with van der Waals surface area (Å²) < 4.78 is 52.9. The Morgan fingerprint density at radius 2 is 0.975 bits per heavy atom. The summed E-state index contributed by atoms with van der Waals surface area (Å²) in [5.74, 6) is -0.338. The van der Waals surface area contributed by atoms with Gasteiger partial charge in [-0.2, -0.15) is 0 Å². The lowest BCUT2D eigenvalue weighted by atomic mass is 9.96. The van der Waals surface area contributed by atoms with Gasteiger partial charge in [0.15, 0.2) is 0 Å². The second-order valence-corrected chi connectivity index (χ2v) is 23.0. The normalized spacial score (nSPS) is 17.4. The molecule has 1 N–H and O–H groups in total. The van der Waals surface area contributed by atoms with E-state index in [1.165, 1.54) is 28.7 Å². The van der Waals surface area contributed by atoms with Crippen LogP contribution in [0.25, 0.3) is 0 Å². The molecular formula is C63H88ClF3N6O7. The molecule has 0 aliphatic carbocycles. The first kappa shape index (κ1) is 66.4. The van der Waals surface area contributed by atoms with Crippen LogP contribution in [0.1, 0.15) is 126 Å². The van der Waals surface area contributed by atoms with E-state index in [-0.39, 0.29) is 46.8 Å². The van der Waals surface area contributed by atoms with Crippen molar-refractivity contribution in [2.24, 2.45) is 17.8 Å². The summed E-state index contributed by atoms with van der Waals surface area (Å²) >= 11 is 4.82. The van der Waals surface area contributed by atoms with Crippen molar-refractivity contribution < 1.29 is 46.6 Å². The highest BCUT2D eigenvalue weighted by Gasteiger charge is 2.32. The number of likely N-dealkylation sites (tertiary alicyclic amines) is 3. The molecule has 13 nitrogen and oxygen atoms in total. The monoisotopic (exact) mass is 1130 g/mol. The fourth-order valence-electron chi connectivity index (χ4n) is 9.63. The number of rotatable bonds is 15. The Morgan fingerprint density at radius 3 is 1.43 bits per heavy atom. The predicted molar refractivity (Wildman–Crippen MR) is 315 cm³/mol. The number of nitrogens with zero attached hydrogens (tertiary/aromatic N) is 5. The zero-order chi connectivity index (χ0) is 58.8. The van der Waals surface area contributed by atoms with Crippen LogP contribution in [-0.2, 0) is 30.3 Å². The van der Waals surface area contributed by atoms with Crippen LogP contribution in [0.3, 0.4) is 0 Å². The highest BCUT2D eigenvalue weighted by atomic mass is 35.5. The first-order valence-electron chi connectivity index (χ1n) is 28.5. The molecule has 0 bridgehead atoms. The van der Waals surface area contributed by atoms with E-state index in [9.17, 15) is 37.1 Å². The van der Waals surface area contributed by atoms with Crippen molar-refractivity contribution >= 4 is 57.9 Å². The van der Waals surface area contributed by atoms with Gasteiger partial charge in [0.1, 0.15) is 28.7 Å². The molecule has 3 fully saturated rings. The first-order valence-corrected chi connectivity index (χ1v) is 28.9. The number of halogens is 4. The summed E-state index contributed by atoms with van der Waals surface area (Å²) in [6.45, 7) is 23.7. The molecule has 4 amide bonds. The molecule has 3 unspecified atom stereocenters. The van der Waals surface area contributed by atoms with E-state index in [0.717, 1.165) is 71.1 Å². The Hall–Kier alpha value is -6.13. The quantitative estimate of drug-likeness (QED) is 0.116. The molecular weight excluding hydrogens is 1050 g/mol. The third-order valence-electron chi connectivity index (χ3n) is 13.6. The minimum atomic E-state index is -0.540.